The van der Waals surface area contributed by atoms with Gasteiger partial charge in [-0.15, -0.1) is 0 Å². The predicted octanol–water partition coefficient (Wildman–Crippen LogP) is 6.02. The quantitative estimate of drug-likeness (QED) is 0.343. The normalized spacial score (nSPS) is 11.2. The van der Waals surface area contributed by atoms with Gasteiger partial charge in [-0.05, 0) is 55.0 Å². The smallest absolute Gasteiger partial charge is 0.261 e. The number of nitrogen functional groups attached to an aromatic ring is 1. The van der Waals surface area contributed by atoms with E-state index >= 15 is 0 Å². The van der Waals surface area contributed by atoms with Gasteiger partial charge in [0, 0.05) is 15.7 Å². The molecule has 0 aliphatic heterocycles. The van der Waals surface area contributed by atoms with Crippen molar-refractivity contribution >= 4 is 62.8 Å². The van der Waals surface area contributed by atoms with Crippen LogP contribution in [0.5, 0.6) is 0 Å². The van der Waals surface area contributed by atoms with E-state index in [-0.39, 0.29) is 17.3 Å². The molecule has 0 bridgehead atoms. The molecule has 5 rings (SSSR count). The molecule has 1 amide bonds. The molecule has 32 heavy (non-hydrogen) atoms. The Morgan fingerprint density at radius 3 is 2.31 bits per heavy atom. The summed E-state index contributed by atoms with van der Waals surface area (Å²) in [6.07, 6.45) is 0. The van der Waals surface area contributed by atoms with E-state index in [9.17, 15) is 4.79 Å². The number of anilines is 2. The summed E-state index contributed by atoms with van der Waals surface area (Å²) in [7, 11) is 0. The lowest BCUT2D eigenvalue weighted by Crippen LogP contribution is -2.14. The molecule has 3 N–H and O–H groups in total. The summed E-state index contributed by atoms with van der Waals surface area (Å²) in [5.74, 6) is -0.187. The van der Waals surface area contributed by atoms with Crippen LogP contribution < -0.4 is 11.1 Å². The van der Waals surface area contributed by atoms with Gasteiger partial charge in [0.05, 0.1) is 16.7 Å². The number of nitrogens with zero attached hydrogens (tertiary/aromatic N) is 3. The maximum absolute atomic E-state index is 13.4. The molecule has 6 nitrogen and oxygen atoms in total. The number of aryl methyl sites for hydroxylation is 1. The second-order valence-electron chi connectivity index (χ2n) is 7.43. The minimum atomic E-state index is -0.380. The number of nitrogens with one attached hydrogen (secondary N) is 1. The average molecular weight is 462 g/mol. The number of nitrogens with two attached hydrogens (primary N) is 1. The lowest BCUT2D eigenvalue weighted by molar-refractivity contribution is 0.102. The third kappa shape index (κ3) is 3.53. The number of rotatable bonds is 3. The van der Waals surface area contributed by atoms with E-state index in [0.29, 0.717) is 43.6 Å². The van der Waals surface area contributed by atoms with Crippen molar-refractivity contribution in [1.29, 1.82) is 0 Å². The number of benzene rings is 3. The van der Waals surface area contributed by atoms with Crippen LogP contribution in [-0.4, -0.2) is 20.4 Å². The first kappa shape index (κ1) is 20.3. The van der Waals surface area contributed by atoms with Crippen LogP contribution >= 0.6 is 23.2 Å². The Kier molecular flexibility index (Phi) is 4.96. The van der Waals surface area contributed by atoms with Crippen molar-refractivity contribution in [2.75, 3.05) is 11.1 Å². The van der Waals surface area contributed by atoms with Gasteiger partial charge in [0.25, 0.3) is 5.91 Å². The molecule has 0 fully saturated rings. The number of amides is 1. The number of aromatic nitrogens is 3. The third-order valence-corrected chi connectivity index (χ3v) is 5.54. The summed E-state index contributed by atoms with van der Waals surface area (Å²) >= 11 is 12.5. The largest absolute Gasteiger partial charge is 0.384 e. The SMILES string of the molecule is Cc1cccc(NC(=O)c2c(N)n(-c3cc(Cl)cc(Cl)c3)c3nc4ccccc4nc23)c1. The molecule has 0 aliphatic rings. The van der Waals surface area contributed by atoms with Crippen LogP contribution in [0.2, 0.25) is 10.0 Å². The summed E-state index contributed by atoms with van der Waals surface area (Å²) in [4.78, 5) is 22.8. The van der Waals surface area contributed by atoms with Gasteiger partial charge in [-0.3, -0.25) is 9.36 Å². The van der Waals surface area contributed by atoms with Crippen molar-refractivity contribution in [3.05, 3.63) is 87.9 Å². The zero-order chi connectivity index (χ0) is 22.4. The summed E-state index contributed by atoms with van der Waals surface area (Å²) in [6, 6.07) is 20.0. The van der Waals surface area contributed by atoms with E-state index in [4.69, 9.17) is 38.9 Å². The molecule has 0 saturated heterocycles. The van der Waals surface area contributed by atoms with Gasteiger partial charge in [0.15, 0.2) is 5.65 Å². The van der Waals surface area contributed by atoms with Crippen LogP contribution in [0.15, 0.2) is 66.7 Å². The first-order valence-electron chi connectivity index (χ1n) is 9.82. The van der Waals surface area contributed by atoms with Crippen molar-refractivity contribution in [3.8, 4) is 5.69 Å². The maximum atomic E-state index is 13.4. The van der Waals surface area contributed by atoms with Crippen molar-refractivity contribution in [2.24, 2.45) is 0 Å². The van der Waals surface area contributed by atoms with Gasteiger partial charge in [-0.1, -0.05) is 47.5 Å². The zero-order valence-electron chi connectivity index (χ0n) is 16.9. The molecule has 0 radical (unpaired) electrons. The molecular formula is C24H17Cl2N5O. The van der Waals surface area contributed by atoms with Crippen molar-refractivity contribution in [3.63, 3.8) is 0 Å². The number of hydrogen-bond acceptors (Lipinski definition) is 4. The highest BCUT2D eigenvalue weighted by Crippen LogP contribution is 2.33. The molecule has 0 aliphatic carbocycles. The highest BCUT2D eigenvalue weighted by atomic mass is 35.5. The topological polar surface area (TPSA) is 85.8 Å². The fourth-order valence-corrected chi connectivity index (χ4v) is 4.25. The highest BCUT2D eigenvalue weighted by molar-refractivity contribution is 6.35. The molecule has 2 heterocycles. The minimum absolute atomic E-state index is 0.193. The van der Waals surface area contributed by atoms with Crippen molar-refractivity contribution < 1.29 is 4.79 Å². The monoisotopic (exact) mass is 461 g/mol. The van der Waals surface area contributed by atoms with E-state index < -0.39 is 0 Å². The Hall–Kier alpha value is -3.61. The third-order valence-electron chi connectivity index (χ3n) is 5.11. The summed E-state index contributed by atoms with van der Waals surface area (Å²) < 4.78 is 1.65. The number of fused-ring (bicyclic) bond motifs is 2. The first-order chi connectivity index (χ1) is 15.4. The molecule has 3 aromatic carbocycles. The van der Waals surface area contributed by atoms with E-state index in [1.807, 2.05) is 55.5 Å². The Bertz CT molecular complexity index is 1510. The number of hydrogen-bond donors (Lipinski definition) is 2. The van der Waals surface area contributed by atoms with E-state index in [0.717, 1.165) is 5.56 Å². The second-order valence-corrected chi connectivity index (χ2v) is 8.30. The predicted molar refractivity (Wildman–Crippen MR) is 130 cm³/mol. The lowest BCUT2D eigenvalue weighted by Gasteiger charge is -2.09. The van der Waals surface area contributed by atoms with Gasteiger partial charge in [-0.2, -0.15) is 0 Å². The fourth-order valence-electron chi connectivity index (χ4n) is 3.73. The zero-order valence-corrected chi connectivity index (χ0v) is 18.4. The minimum Gasteiger partial charge on any atom is -0.384 e. The number of carbonyl (C=O) groups is 1. The van der Waals surface area contributed by atoms with E-state index in [1.165, 1.54) is 0 Å². The molecule has 0 atom stereocenters. The van der Waals surface area contributed by atoms with E-state index in [2.05, 4.69) is 5.32 Å². The summed E-state index contributed by atoms with van der Waals surface area (Å²) in [6.45, 7) is 1.95. The van der Waals surface area contributed by atoms with Gasteiger partial charge >= 0.3 is 0 Å². The van der Waals surface area contributed by atoms with Crippen LogP contribution in [0.3, 0.4) is 0 Å². The molecule has 8 heteroatoms. The van der Waals surface area contributed by atoms with Gasteiger partial charge in [0.2, 0.25) is 0 Å². The molecule has 0 unspecified atom stereocenters. The Morgan fingerprint density at radius 2 is 1.62 bits per heavy atom. The molecule has 158 valence electrons. The second kappa shape index (κ2) is 7.82. The Balaban J connectivity index is 1.77. The van der Waals surface area contributed by atoms with Crippen molar-refractivity contribution in [1.82, 2.24) is 14.5 Å². The van der Waals surface area contributed by atoms with E-state index in [1.54, 1.807) is 22.8 Å². The number of carbonyl (C=O) groups excluding carboxylic acids is 1. The van der Waals surface area contributed by atoms with Gasteiger partial charge < -0.3 is 11.1 Å². The molecule has 0 spiro atoms. The molecule has 2 aromatic heterocycles. The van der Waals surface area contributed by atoms with Crippen LogP contribution in [-0.2, 0) is 0 Å². The number of para-hydroxylation sites is 2. The van der Waals surface area contributed by atoms with Crippen LogP contribution in [0.25, 0.3) is 27.9 Å². The Morgan fingerprint density at radius 1 is 0.938 bits per heavy atom. The molecule has 5 aromatic rings. The van der Waals surface area contributed by atoms with Crippen LogP contribution in [0.4, 0.5) is 11.5 Å². The van der Waals surface area contributed by atoms with Crippen LogP contribution in [0, 0.1) is 6.92 Å². The summed E-state index contributed by atoms with van der Waals surface area (Å²) in [5.41, 5.74) is 11.2. The average Bonchev–Trinajstić information content (AvgIpc) is 3.02. The first-order valence-corrected chi connectivity index (χ1v) is 10.6. The molecule has 0 saturated carbocycles. The van der Waals surface area contributed by atoms with Crippen molar-refractivity contribution in [2.45, 2.75) is 6.92 Å². The maximum Gasteiger partial charge on any atom is 0.261 e. The standard InChI is InChI=1S/C24H17Cl2N5O/c1-13-5-4-6-16(9-13)28-24(32)20-21-23(30-19-8-3-2-7-18(19)29-21)31(22(20)27)17-11-14(25)10-15(26)12-17/h2-12H,27H2,1H3,(H,28,32). The lowest BCUT2D eigenvalue weighted by atomic mass is 10.2. The fraction of sp³-hybridized carbons (Fsp3) is 0.0417. The van der Waals surface area contributed by atoms with Gasteiger partial charge in [-0.25, -0.2) is 9.97 Å². The molecular weight excluding hydrogens is 445 g/mol. The summed E-state index contributed by atoms with van der Waals surface area (Å²) in [5, 5.41) is 3.79. The van der Waals surface area contributed by atoms with Gasteiger partial charge in [0.1, 0.15) is 16.9 Å². The Labute approximate surface area is 193 Å². The number of halogens is 2. The highest BCUT2D eigenvalue weighted by Gasteiger charge is 2.25. The van der Waals surface area contributed by atoms with Crippen LogP contribution in [0.1, 0.15) is 15.9 Å².